The molecule has 2 heteroatoms. The van der Waals surface area contributed by atoms with Gasteiger partial charge in [0.15, 0.2) is 0 Å². The van der Waals surface area contributed by atoms with Gasteiger partial charge in [0.05, 0.1) is 0 Å². The molecule has 0 aliphatic heterocycles. The first-order chi connectivity index (χ1) is 6.77. The number of hydrogen-bond acceptors (Lipinski definition) is 1. The first-order valence-corrected chi connectivity index (χ1v) is 5.69. The highest BCUT2D eigenvalue weighted by molar-refractivity contribution is 6.21. The van der Waals surface area contributed by atoms with Crippen molar-refractivity contribution in [1.82, 2.24) is 0 Å². The van der Waals surface area contributed by atoms with Crippen molar-refractivity contribution >= 4 is 11.6 Å². The zero-order valence-electron chi connectivity index (χ0n) is 7.99. The fourth-order valence-corrected chi connectivity index (χ4v) is 3.66. The van der Waals surface area contributed by atoms with Gasteiger partial charge in [-0.05, 0) is 29.9 Å². The molecule has 4 atom stereocenters. The summed E-state index contributed by atoms with van der Waals surface area (Å²) < 4.78 is 0. The van der Waals surface area contributed by atoms with Crippen LogP contribution in [-0.4, -0.2) is 11.4 Å². The van der Waals surface area contributed by atoms with Crippen LogP contribution in [0.15, 0.2) is 24.3 Å². The van der Waals surface area contributed by atoms with E-state index in [1.807, 2.05) is 0 Å². The smallest absolute Gasteiger partial charge is 0.0425 e. The molecule has 1 aromatic carbocycles. The van der Waals surface area contributed by atoms with E-state index in [9.17, 15) is 0 Å². The lowest BCUT2D eigenvalue weighted by atomic mass is 9.64. The molecule has 1 aromatic rings. The molecule has 0 aromatic heterocycles. The van der Waals surface area contributed by atoms with Gasteiger partial charge < -0.3 is 5.73 Å². The van der Waals surface area contributed by atoms with Crippen LogP contribution >= 0.6 is 11.6 Å². The molecular weight excluding hydrogens is 194 g/mol. The van der Waals surface area contributed by atoms with Crippen molar-refractivity contribution in [3.8, 4) is 0 Å². The predicted octanol–water partition coefficient (Wildman–Crippen LogP) is 2.60. The molecule has 0 heterocycles. The van der Waals surface area contributed by atoms with E-state index < -0.39 is 0 Å². The highest BCUT2D eigenvalue weighted by atomic mass is 35.5. The summed E-state index contributed by atoms with van der Waals surface area (Å²) in [7, 11) is 0. The Balaban J connectivity index is 2.16. The highest BCUT2D eigenvalue weighted by Crippen LogP contribution is 2.50. The van der Waals surface area contributed by atoms with Gasteiger partial charge in [0.25, 0.3) is 0 Å². The van der Waals surface area contributed by atoms with Crippen LogP contribution in [0.2, 0.25) is 0 Å². The lowest BCUT2D eigenvalue weighted by molar-refractivity contribution is 0.319. The second kappa shape index (κ2) is 2.98. The van der Waals surface area contributed by atoms with E-state index in [1.54, 1.807) is 0 Å². The average Bonchev–Trinajstić information content (AvgIpc) is 2.17. The van der Waals surface area contributed by atoms with Crippen LogP contribution in [0.3, 0.4) is 0 Å². The number of halogens is 1. The summed E-state index contributed by atoms with van der Waals surface area (Å²) in [5.41, 5.74) is 9.04. The summed E-state index contributed by atoms with van der Waals surface area (Å²) in [6.45, 7) is 0. The van der Waals surface area contributed by atoms with Gasteiger partial charge in [-0.15, -0.1) is 11.6 Å². The Bertz CT molecular complexity index is 351. The normalized spacial score (nSPS) is 39.6. The molecule has 1 nitrogen and oxygen atoms in total. The molecule has 1 saturated carbocycles. The van der Waals surface area contributed by atoms with E-state index in [4.69, 9.17) is 17.3 Å². The lowest BCUT2D eigenvalue weighted by Gasteiger charge is -2.45. The van der Waals surface area contributed by atoms with Crippen LogP contribution in [0.4, 0.5) is 0 Å². The maximum Gasteiger partial charge on any atom is 0.0425 e. The van der Waals surface area contributed by atoms with E-state index in [1.165, 1.54) is 11.1 Å². The molecule has 0 saturated heterocycles. The van der Waals surface area contributed by atoms with Crippen molar-refractivity contribution in [2.45, 2.75) is 36.1 Å². The van der Waals surface area contributed by atoms with Crippen LogP contribution in [0, 0.1) is 0 Å². The summed E-state index contributed by atoms with van der Waals surface area (Å²) in [5, 5.41) is 0.249. The third-order valence-corrected chi connectivity index (χ3v) is 4.16. The second-order valence-corrected chi connectivity index (χ2v) is 5.06. The molecule has 14 heavy (non-hydrogen) atoms. The Hall–Kier alpha value is -0.530. The molecule has 2 bridgehead atoms. The molecule has 2 N–H and O–H groups in total. The standard InChI is InChI=1S/C12H14ClN/c13-10-5-7-6-11(14)12(10)9-4-2-1-3-8(7)9/h1-4,7,10-12H,5-6,14H2. The quantitative estimate of drug-likeness (QED) is 0.651. The Morgan fingerprint density at radius 2 is 1.86 bits per heavy atom. The number of rotatable bonds is 0. The van der Waals surface area contributed by atoms with E-state index in [2.05, 4.69) is 24.3 Å². The van der Waals surface area contributed by atoms with Gasteiger partial charge in [-0.1, -0.05) is 24.3 Å². The third kappa shape index (κ3) is 1.06. The number of hydrogen-bond donors (Lipinski definition) is 1. The zero-order valence-corrected chi connectivity index (χ0v) is 8.74. The number of benzene rings is 1. The highest BCUT2D eigenvalue weighted by Gasteiger charge is 2.43. The predicted molar refractivity (Wildman–Crippen MR) is 58.8 cm³/mol. The van der Waals surface area contributed by atoms with Crippen LogP contribution in [-0.2, 0) is 0 Å². The Morgan fingerprint density at radius 3 is 2.57 bits per heavy atom. The number of alkyl halides is 1. The van der Waals surface area contributed by atoms with Gasteiger partial charge in [0.2, 0.25) is 0 Å². The molecule has 0 amide bonds. The van der Waals surface area contributed by atoms with E-state index >= 15 is 0 Å². The van der Waals surface area contributed by atoms with Crippen molar-refractivity contribution in [3.63, 3.8) is 0 Å². The maximum absolute atomic E-state index is 6.36. The average molecular weight is 208 g/mol. The third-order valence-electron chi connectivity index (χ3n) is 3.71. The van der Waals surface area contributed by atoms with E-state index in [0.29, 0.717) is 11.8 Å². The van der Waals surface area contributed by atoms with Gasteiger partial charge in [-0.2, -0.15) is 0 Å². The summed E-state index contributed by atoms with van der Waals surface area (Å²) in [6.07, 6.45) is 2.22. The van der Waals surface area contributed by atoms with E-state index in [0.717, 1.165) is 12.8 Å². The van der Waals surface area contributed by atoms with Crippen molar-refractivity contribution in [1.29, 1.82) is 0 Å². The van der Waals surface area contributed by atoms with Crippen molar-refractivity contribution < 1.29 is 0 Å². The van der Waals surface area contributed by atoms with Crippen molar-refractivity contribution in [2.75, 3.05) is 0 Å². The van der Waals surface area contributed by atoms with Crippen LogP contribution in [0.1, 0.15) is 35.8 Å². The molecule has 3 aliphatic carbocycles. The van der Waals surface area contributed by atoms with Crippen LogP contribution in [0.25, 0.3) is 0 Å². The molecule has 1 fully saturated rings. The van der Waals surface area contributed by atoms with Crippen LogP contribution < -0.4 is 5.73 Å². The molecule has 0 spiro atoms. The first kappa shape index (κ1) is 8.75. The number of nitrogens with two attached hydrogens (primary N) is 1. The summed E-state index contributed by atoms with van der Waals surface area (Å²) in [5.74, 6) is 0.992. The largest absolute Gasteiger partial charge is 0.327 e. The summed E-state index contributed by atoms with van der Waals surface area (Å²) >= 11 is 6.36. The van der Waals surface area contributed by atoms with Crippen molar-refractivity contribution in [3.05, 3.63) is 35.4 Å². The molecule has 0 radical (unpaired) electrons. The summed E-state index contributed by atoms with van der Waals surface area (Å²) in [6, 6.07) is 8.91. The molecular formula is C12H14ClN. The zero-order chi connectivity index (χ0) is 9.71. The van der Waals surface area contributed by atoms with E-state index in [-0.39, 0.29) is 11.4 Å². The van der Waals surface area contributed by atoms with Gasteiger partial charge in [-0.3, -0.25) is 0 Å². The van der Waals surface area contributed by atoms with Crippen LogP contribution in [0.5, 0.6) is 0 Å². The van der Waals surface area contributed by atoms with Crippen molar-refractivity contribution in [2.24, 2.45) is 5.73 Å². The minimum absolute atomic E-state index is 0.249. The summed E-state index contributed by atoms with van der Waals surface area (Å²) in [4.78, 5) is 0. The molecule has 4 rings (SSSR count). The maximum atomic E-state index is 6.36. The monoisotopic (exact) mass is 207 g/mol. The van der Waals surface area contributed by atoms with Gasteiger partial charge in [-0.25, -0.2) is 0 Å². The Labute approximate surface area is 89.3 Å². The Kier molecular flexibility index (Phi) is 1.86. The van der Waals surface area contributed by atoms with Gasteiger partial charge >= 0.3 is 0 Å². The number of fused-ring (bicyclic) bond motifs is 2. The Morgan fingerprint density at radius 1 is 1.14 bits per heavy atom. The first-order valence-electron chi connectivity index (χ1n) is 5.26. The fourth-order valence-electron chi connectivity index (χ4n) is 3.12. The minimum Gasteiger partial charge on any atom is -0.327 e. The lowest BCUT2D eigenvalue weighted by Crippen LogP contribution is -2.45. The molecule has 3 aliphatic rings. The molecule has 4 unspecified atom stereocenters. The fraction of sp³-hybridized carbons (Fsp3) is 0.500. The van der Waals surface area contributed by atoms with Gasteiger partial charge in [0.1, 0.15) is 0 Å². The molecule has 74 valence electrons. The minimum atomic E-state index is 0.249. The topological polar surface area (TPSA) is 26.0 Å². The SMILES string of the molecule is NC1CC2CC(Cl)C1c1ccccc12. The van der Waals surface area contributed by atoms with Gasteiger partial charge in [0, 0.05) is 17.3 Å². The second-order valence-electron chi connectivity index (χ2n) is 4.50.